The Bertz CT molecular complexity index is 108. The highest BCUT2D eigenvalue weighted by molar-refractivity contribution is 4.70. The summed E-state index contributed by atoms with van der Waals surface area (Å²) in [6.45, 7) is 1.69. The molecule has 0 amide bonds. The highest BCUT2D eigenvalue weighted by Gasteiger charge is 2.19. The SMILES string of the molecule is CNCCC1CC(O)CCO1. The quantitative estimate of drug-likeness (QED) is 0.615. The molecule has 11 heavy (non-hydrogen) atoms. The fourth-order valence-corrected chi connectivity index (χ4v) is 1.37. The topological polar surface area (TPSA) is 41.5 Å². The Labute approximate surface area is 67.7 Å². The number of hydrogen-bond donors (Lipinski definition) is 2. The van der Waals surface area contributed by atoms with E-state index in [1.54, 1.807) is 0 Å². The first-order valence-electron chi connectivity index (χ1n) is 4.27. The minimum atomic E-state index is -0.134. The van der Waals surface area contributed by atoms with E-state index >= 15 is 0 Å². The average Bonchev–Trinajstić information content (AvgIpc) is 2.01. The van der Waals surface area contributed by atoms with Crippen LogP contribution in [0.5, 0.6) is 0 Å². The van der Waals surface area contributed by atoms with Gasteiger partial charge in [0.15, 0.2) is 0 Å². The Morgan fingerprint density at radius 3 is 3.09 bits per heavy atom. The van der Waals surface area contributed by atoms with Crippen molar-refractivity contribution in [3.63, 3.8) is 0 Å². The molecule has 0 aromatic heterocycles. The standard InChI is InChI=1S/C8H17NO2/c1-9-4-2-8-6-7(10)3-5-11-8/h7-10H,2-6H2,1H3. The molecule has 0 bridgehead atoms. The second-order valence-corrected chi connectivity index (χ2v) is 3.06. The van der Waals surface area contributed by atoms with Gasteiger partial charge in [-0.05, 0) is 32.9 Å². The Balaban J connectivity index is 2.12. The molecule has 1 aliphatic heterocycles. The molecule has 1 rings (SSSR count). The Morgan fingerprint density at radius 1 is 1.64 bits per heavy atom. The average molecular weight is 159 g/mol. The minimum absolute atomic E-state index is 0.134. The molecule has 0 aromatic carbocycles. The summed E-state index contributed by atoms with van der Waals surface area (Å²) >= 11 is 0. The Kier molecular flexibility index (Phi) is 3.83. The van der Waals surface area contributed by atoms with Crippen molar-refractivity contribution < 1.29 is 9.84 Å². The molecule has 3 heteroatoms. The Hall–Kier alpha value is -0.120. The maximum absolute atomic E-state index is 9.28. The predicted octanol–water partition coefficient (Wildman–Crippen LogP) is 0.136. The summed E-state index contributed by atoms with van der Waals surface area (Å²) in [4.78, 5) is 0. The third-order valence-corrected chi connectivity index (χ3v) is 2.06. The first kappa shape index (κ1) is 8.97. The van der Waals surface area contributed by atoms with Crippen LogP contribution in [-0.4, -0.2) is 37.5 Å². The Morgan fingerprint density at radius 2 is 2.45 bits per heavy atom. The van der Waals surface area contributed by atoms with Crippen LogP contribution in [0.2, 0.25) is 0 Å². The van der Waals surface area contributed by atoms with Crippen LogP contribution in [0.15, 0.2) is 0 Å². The number of nitrogens with one attached hydrogen (secondary N) is 1. The molecule has 3 nitrogen and oxygen atoms in total. The molecule has 2 N–H and O–H groups in total. The van der Waals surface area contributed by atoms with Crippen molar-refractivity contribution in [2.75, 3.05) is 20.2 Å². The second-order valence-electron chi connectivity index (χ2n) is 3.06. The van der Waals surface area contributed by atoms with Crippen molar-refractivity contribution in [1.29, 1.82) is 0 Å². The van der Waals surface area contributed by atoms with Gasteiger partial charge in [-0.15, -0.1) is 0 Å². The summed E-state index contributed by atoms with van der Waals surface area (Å²) in [5.41, 5.74) is 0. The van der Waals surface area contributed by atoms with Crippen LogP contribution >= 0.6 is 0 Å². The van der Waals surface area contributed by atoms with E-state index < -0.39 is 0 Å². The van der Waals surface area contributed by atoms with Crippen molar-refractivity contribution in [3.05, 3.63) is 0 Å². The van der Waals surface area contributed by atoms with Crippen LogP contribution in [0, 0.1) is 0 Å². The first-order valence-corrected chi connectivity index (χ1v) is 4.27. The maximum atomic E-state index is 9.28. The molecule has 1 heterocycles. The zero-order chi connectivity index (χ0) is 8.10. The molecule has 2 unspecified atom stereocenters. The van der Waals surface area contributed by atoms with Gasteiger partial charge in [0.05, 0.1) is 12.2 Å². The van der Waals surface area contributed by atoms with E-state index in [1.165, 1.54) is 0 Å². The molecule has 0 aromatic rings. The van der Waals surface area contributed by atoms with E-state index in [0.29, 0.717) is 0 Å². The van der Waals surface area contributed by atoms with Crippen molar-refractivity contribution >= 4 is 0 Å². The molecule has 0 aliphatic carbocycles. The summed E-state index contributed by atoms with van der Waals surface area (Å²) in [5, 5.41) is 12.3. The molecule has 2 atom stereocenters. The van der Waals surface area contributed by atoms with Gasteiger partial charge < -0.3 is 15.2 Å². The fraction of sp³-hybridized carbons (Fsp3) is 1.00. The van der Waals surface area contributed by atoms with Gasteiger partial charge in [-0.2, -0.15) is 0 Å². The van der Waals surface area contributed by atoms with Crippen LogP contribution in [-0.2, 0) is 4.74 Å². The van der Waals surface area contributed by atoms with Crippen molar-refractivity contribution in [1.82, 2.24) is 5.32 Å². The third kappa shape index (κ3) is 3.18. The van der Waals surface area contributed by atoms with Crippen LogP contribution in [0.3, 0.4) is 0 Å². The zero-order valence-electron chi connectivity index (χ0n) is 7.05. The van der Waals surface area contributed by atoms with E-state index in [4.69, 9.17) is 4.74 Å². The van der Waals surface area contributed by atoms with Crippen molar-refractivity contribution in [2.24, 2.45) is 0 Å². The van der Waals surface area contributed by atoms with Gasteiger partial charge in [0, 0.05) is 6.61 Å². The number of hydrogen-bond acceptors (Lipinski definition) is 3. The van der Waals surface area contributed by atoms with Gasteiger partial charge in [-0.1, -0.05) is 0 Å². The summed E-state index contributed by atoms with van der Waals surface area (Å²) in [5.74, 6) is 0. The molecule has 66 valence electrons. The lowest BCUT2D eigenvalue weighted by Crippen LogP contribution is -2.30. The van der Waals surface area contributed by atoms with E-state index in [1.807, 2.05) is 7.05 Å². The summed E-state index contributed by atoms with van der Waals surface area (Å²) in [7, 11) is 1.93. The van der Waals surface area contributed by atoms with Gasteiger partial charge in [0.25, 0.3) is 0 Å². The van der Waals surface area contributed by atoms with Gasteiger partial charge in [-0.3, -0.25) is 0 Å². The van der Waals surface area contributed by atoms with E-state index in [0.717, 1.165) is 32.4 Å². The van der Waals surface area contributed by atoms with E-state index in [2.05, 4.69) is 5.32 Å². The maximum Gasteiger partial charge on any atom is 0.0611 e. The summed E-state index contributed by atoms with van der Waals surface area (Å²) < 4.78 is 5.45. The molecule has 1 saturated heterocycles. The smallest absolute Gasteiger partial charge is 0.0611 e. The fourth-order valence-electron chi connectivity index (χ4n) is 1.37. The molecular weight excluding hydrogens is 142 g/mol. The predicted molar refractivity (Wildman–Crippen MR) is 43.5 cm³/mol. The number of aliphatic hydroxyl groups is 1. The summed E-state index contributed by atoms with van der Waals surface area (Å²) in [6, 6.07) is 0. The molecule has 1 fully saturated rings. The lowest BCUT2D eigenvalue weighted by atomic mass is 10.0. The molecule has 0 saturated carbocycles. The van der Waals surface area contributed by atoms with Crippen LogP contribution in [0.25, 0.3) is 0 Å². The van der Waals surface area contributed by atoms with Gasteiger partial charge in [0.1, 0.15) is 0 Å². The highest BCUT2D eigenvalue weighted by Crippen LogP contribution is 2.15. The zero-order valence-corrected chi connectivity index (χ0v) is 7.05. The van der Waals surface area contributed by atoms with Crippen molar-refractivity contribution in [2.45, 2.75) is 31.5 Å². The molecule has 0 spiro atoms. The highest BCUT2D eigenvalue weighted by atomic mass is 16.5. The minimum Gasteiger partial charge on any atom is -0.393 e. The van der Waals surface area contributed by atoms with Gasteiger partial charge in [0.2, 0.25) is 0 Å². The van der Waals surface area contributed by atoms with Crippen LogP contribution in [0.1, 0.15) is 19.3 Å². The number of ether oxygens (including phenoxy) is 1. The van der Waals surface area contributed by atoms with E-state index in [-0.39, 0.29) is 12.2 Å². The second kappa shape index (κ2) is 4.70. The molecular formula is C8H17NO2. The van der Waals surface area contributed by atoms with Gasteiger partial charge >= 0.3 is 0 Å². The molecule has 0 radical (unpaired) electrons. The van der Waals surface area contributed by atoms with Crippen LogP contribution in [0.4, 0.5) is 0 Å². The van der Waals surface area contributed by atoms with E-state index in [9.17, 15) is 5.11 Å². The third-order valence-electron chi connectivity index (χ3n) is 2.06. The largest absolute Gasteiger partial charge is 0.393 e. The lowest BCUT2D eigenvalue weighted by molar-refractivity contribution is -0.0456. The first-order chi connectivity index (χ1) is 5.33. The lowest BCUT2D eigenvalue weighted by Gasteiger charge is -2.26. The monoisotopic (exact) mass is 159 g/mol. The van der Waals surface area contributed by atoms with Crippen LogP contribution < -0.4 is 5.32 Å². The normalized spacial score (nSPS) is 32.2. The summed E-state index contributed by atoms with van der Waals surface area (Å²) in [6.07, 6.45) is 2.75. The number of aliphatic hydroxyl groups excluding tert-OH is 1. The van der Waals surface area contributed by atoms with Gasteiger partial charge in [-0.25, -0.2) is 0 Å². The van der Waals surface area contributed by atoms with Crippen molar-refractivity contribution in [3.8, 4) is 0 Å². The number of rotatable bonds is 3. The molecule has 1 aliphatic rings.